The Kier molecular flexibility index (Phi) is 9.41. The van der Waals surface area contributed by atoms with E-state index < -0.39 is 12.3 Å². The smallest absolute Gasteiger partial charge is 0.336 e. The van der Waals surface area contributed by atoms with Crippen LogP contribution in [0.4, 0.5) is 10.5 Å². The molecule has 1 fully saturated rings. The number of hydrogen-bond acceptors (Lipinski definition) is 6. The summed E-state index contributed by atoms with van der Waals surface area (Å²) >= 11 is 1.45. The van der Waals surface area contributed by atoms with Crippen LogP contribution in [0.1, 0.15) is 53.3 Å². The molecule has 1 aliphatic rings. The molecule has 0 aliphatic carbocycles. The number of anilines is 1. The molecule has 1 aliphatic heterocycles. The van der Waals surface area contributed by atoms with E-state index in [-0.39, 0.29) is 36.3 Å². The van der Waals surface area contributed by atoms with Crippen LogP contribution in [0.3, 0.4) is 0 Å². The van der Waals surface area contributed by atoms with Crippen LogP contribution in [0, 0.1) is 5.92 Å². The van der Waals surface area contributed by atoms with Crippen LogP contribution in [0.2, 0.25) is 0 Å². The number of thioether (sulfide) groups is 1. The summed E-state index contributed by atoms with van der Waals surface area (Å²) in [5.41, 5.74) is 3.50. The predicted molar refractivity (Wildman–Crippen MR) is 146 cm³/mol. The Bertz CT molecular complexity index is 1230. The quantitative estimate of drug-likeness (QED) is 0.263. The molecule has 3 aromatic carbocycles. The van der Waals surface area contributed by atoms with Crippen molar-refractivity contribution in [3.05, 3.63) is 95.1 Å². The lowest BCUT2D eigenvalue weighted by Crippen LogP contribution is -2.38. The Labute approximate surface area is 226 Å². The van der Waals surface area contributed by atoms with Gasteiger partial charge in [0.2, 0.25) is 0 Å². The number of urea groups is 1. The van der Waals surface area contributed by atoms with Crippen molar-refractivity contribution in [3.8, 4) is 0 Å². The van der Waals surface area contributed by atoms with E-state index in [1.807, 2.05) is 49.4 Å². The van der Waals surface area contributed by atoms with Crippen molar-refractivity contribution in [1.82, 2.24) is 5.32 Å². The second-order valence-electron chi connectivity index (χ2n) is 9.04. The first-order valence-electron chi connectivity index (χ1n) is 12.5. The molecule has 0 unspecified atom stereocenters. The van der Waals surface area contributed by atoms with E-state index in [4.69, 9.17) is 9.47 Å². The number of aliphatic hydroxyl groups is 1. The summed E-state index contributed by atoms with van der Waals surface area (Å²) in [5.74, 6) is -0.461. The first-order chi connectivity index (χ1) is 18.4. The lowest BCUT2D eigenvalue weighted by atomic mass is 9.91. The van der Waals surface area contributed by atoms with Crippen LogP contribution in [0.5, 0.6) is 0 Å². The van der Waals surface area contributed by atoms with E-state index in [2.05, 4.69) is 17.6 Å². The zero-order chi connectivity index (χ0) is 27.1. The van der Waals surface area contributed by atoms with Crippen molar-refractivity contribution in [1.29, 1.82) is 0 Å². The topological polar surface area (TPSA) is 117 Å². The van der Waals surface area contributed by atoms with Gasteiger partial charge in [-0.2, -0.15) is 0 Å². The second-order valence-corrected chi connectivity index (χ2v) is 10.1. The number of aliphatic hydroxyl groups excluding tert-OH is 1. The number of carbonyl (C=O) groups is 2. The van der Waals surface area contributed by atoms with Crippen LogP contribution >= 0.6 is 11.8 Å². The van der Waals surface area contributed by atoms with Crippen molar-refractivity contribution in [2.45, 2.75) is 43.8 Å². The van der Waals surface area contributed by atoms with E-state index in [0.29, 0.717) is 22.9 Å². The zero-order valence-electron chi connectivity index (χ0n) is 21.3. The van der Waals surface area contributed by atoms with Gasteiger partial charge in [-0.25, -0.2) is 9.59 Å². The summed E-state index contributed by atoms with van der Waals surface area (Å²) in [6.07, 6.45) is -1.18. The fraction of sp³-hybridized carbons (Fsp3) is 0.310. The molecule has 1 saturated heterocycles. The number of amides is 2. The fourth-order valence-electron chi connectivity index (χ4n) is 4.31. The molecule has 0 aromatic heterocycles. The molecule has 4 rings (SSSR count). The minimum Gasteiger partial charge on any atom is -0.478 e. The zero-order valence-corrected chi connectivity index (χ0v) is 22.1. The van der Waals surface area contributed by atoms with Gasteiger partial charge < -0.3 is 30.3 Å². The number of nitrogens with one attached hydrogen (secondary N) is 2. The molecule has 9 heteroatoms. The Morgan fingerprint density at radius 2 is 1.63 bits per heavy atom. The first kappa shape index (κ1) is 27.7. The number of carbonyl (C=O) groups excluding carboxylic acids is 1. The summed E-state index contributed by atoms with van der Waals surface area (Å²) in [7, 11) is 0. The highest BCUT2D eigenvalue weighted by molar-refractivity contribution is 7.99. The maximum Gasteiger partial charge on any atom is 0.336 e. The van der Waals surface area contributed by atoms with Crippen LogP contribution in [0.15, 0.2) is 77.7 Å². The van der Waals surface area contributed by atoms with Gasteiger partial charge in [0, 0.05) is 34.4 Å². The minimum atomic E-state index is -0.963. The Balaban J connectivity index is 1.57. The van der Waals surface area contributed by atoms with Gasteiger partial charge in [0.15, 0.2) is 6.29 Å². The number of ether oxygens (including phenoxy) is 2. The van der Waals surface area contributed by atoms with E-state index in [9.17, 15) is 19.8 Å². The van der Waals surface area contributed by atoms with E-state index in [0.717, 1.165) is 16.7 Å². The third kappa shape index (κ3) is 6.73. The molecule has 2 amide bonds. The second kappa shape index (κ2) is 12.9. The fourth-order valence-corrected chi connectivity index (χ4v) is 5.52. The molecule has 38 heavy (non-hydrogen) atoms. The molecule has 4 atom stereocenters. The van der Waals surface area contributed by atoms with Gasteiger partial charge in [-0.15, -0.1) is 11.8 Å². The largest absolute Gasteiger partial charge is 0.478 e. The van der Waals surface area contributed by atoms with Gasteiger partial charge in [0.1, 0.15) is 0 Å². The molecule has 0 saturated carbocycles. The van der Waals surface area contributed by atoms with Crippen molar-refractivity contribution in [2.75, 3.05) is 17.6 Å². The monoisotopic (exact) mass is 536 g/mol. The minimum absolute atomic E-state index is 0.0330. The van der Waals surface area contributed by atoms with Crippen LogP contribution in [-0.4, -0.2) is 40.6 Å². The number of carboxylic acids is 1. The number of aromatic carboxylic acids is 1. The third-order valence-electron chi connectivity index (χ3n) is 6.42. The van der Waals surface area contributed by atoms with Crippen LogP contribution in [-0.2, 0) is 16.1 Å². The standard InChI is InChI=1S/C29H32N2O6S/c1-3-30-29(35)31-22-14-12-21(13-15-22)28-36-24(17-38-25-7-5-4-6-23(25)27(33)34)18(2)26(37-28)20-10-8-19(16-32)9-11-20/h4-15,18,24,26,28,32H,3,16-17H2,1-2H3,(H,33,34)(H2,30,31,35)/t18-,24+,26+,28+/m1/s1. The summed E-state index contributed by atoms with van der Waals surface area (Å²) in [6, 6.07) is 21.7. The highest BCUT2D eigenvalue weighted by Crippen LogP contribution is 2.43. The Hall–Kier alpha value is -3.37. The SMILES string of the molecule is CCNC(=O)Nc1ccc([C@H]2O[C@@H](CSc3ccccc3C(=O)O)[C@@H](C)[C@@H](c3ccc(CO)cc3)O2)cc1. The van der Waals surface area contributed by atoms with Crippen molar-refractivity contribution in [3.63, 3.8) is 0 Å². The molecular weight excluding hydrogens is 504 g/mol. The van der Waals surface area contributed by atoms with Crippen molar-refractivity contribution >= 4 is 29.4 Å². The number of rotatable bonds is 9. The lowest BCUT2D eigenvalue weighted by Gasteiger charge is -2.41. The molecule has 0 radical (unpaired) electrons. The number of benzene rings is 3. The maximum absolute atomic E-state index is 11.9. The average Bonchev–Trinajstić information content (AvgIpc) is 2.93. The average molecular weight is 537 g/mol. The Morgan fingerprint density at radius 3 is 2.29 bits per heavy atom. The van der Waals surface area contributed by atoms with Gasteiger partial charge in [0.05, 0.1) is 24.4 Å². The highest BCUT2D eigenvalue weighted by atomic mass is 32.2. The Morgan fingerprint density at radius 1 is 0.947 bits per heavy atom. The van der Waals surface area contributed by atoms with Gasteiger partial charge in [-0.05, 0) is 42.3 Å². The molecule has 8 nitrogen and oxygen atoms in total. The molecule has 0 bridgehead atoms. The van der Waals surface area contributed by atoms with E-state index >= 15 is 0 Å². The van der Waals surface area contributed by atoms with Crippen LogP contribution in [0.25, 0.3) is 0 Å². The predicted octanol–water partition coefficient (Wildman–Crippen LogP) is 5.60. The van der Waals surface area contributed by atoms with E-state index in [1.165, 1.54) is 11.8 Å². The summed E-state index contributed by atoms with van der Waals surface area (Å²) < 4.78 is 12.9. The highest BCUT2D eigenvalue weighted by Gasteiger charge is 2.38. The molecular formula is C29H32N2O6S. The van der Waals surface area contributed by atoms with Gasteiger partial charge in [0.25, 0.3) is 0 Å². The van der Waals surface area contributed by atoms with Gasteiger partial charge >= 0.3 is 12.0 Å². The first-order valence-corrected chi connectivity index (χ1v) is 13.5. The number of hydrogen-bond donors (Lipinski definition) is 4. The maximum atomic E-state index is 11.9. The van der Waals surface area contributed by atoms with Crippen molar-refractivity contribution in [2.24, 2.45) is 5.92 Å². The van der Waals surface area contributed by atoms with Crippen LogP contribution < -0.4 is 10.6 Å². The molecule has 0 spiro atoms. The summed E-state index contributed by atoms with van der Waals surface area (Å²) in [6.45, 7) is 4.41. The normalized spacial score (nSPS) is 21.0. The molecule has 1 heterocycles. The van der Waals surface area contributed by atoms with E-state index in [1.54, 1.807) is 30.3 Å². The molecule has 3 aromatic rings. The summed E-state index contributed by atoms with van der Waals surface area (Å²) in [4.78, 5) is 24.2. The molecule has 4 N–H and O–H groups in total. The number of carboxylic acid groups (broad SMARTS) is 1. The molecule has 200 valence electrons. The van der Waals surface area contributed by atoms with Gasteiger partial charge in [-0.3, -0.25) is 0 Å². The van der Waals surface area contributed by atoms with Crippen molar-refractivity contribution < 1.29 is 29.3 Å². The lowest BCUT2D eigenvalue weighted by molar-refractivity contribution is -0.268. The third-order valence-corrected chi connectivity index (χ3v) is 7.58. The van der Waals surface area contributed by atoms with Gasteiger partial charge in [-0.1, -0.05) is 55.5 Å². The summed E-state index contributed by atoms with van der Waals surface area (Å²) in [5, 5.41) is 24.5.